The van der Waals surface area contributed by atoms with Crippen molar-refractivity contribution in [2.75, 3.05) is 0 Å². The molecule has 0 fully saturated rings. The van der Waals surface area contributed by atoms with Crippen LogP contribution in [0.25, 0.3) is 6.08 Å². The van der Waals surface area contributed by atoms with Gasteiger partial charge >= 0.3 is 5.97 Å². The Balaban J connectivity index is 2.58. The van der Waals surface area contributed by atoms with E-state index in [0.29, 0.717) is 6.61 Å². The maximum atomic E-state index is 10.4. The van der Waals surface area contributed by atoms with Crippen LogP contribution in [0.5, 0.6) is 0 Å². The number of carboxylic acids is 1. The van der Waals surface area contributed by atoms with Crippen molar-refractivity contribution in [1.82, 2.24) is 0 Å². The first-order valence-electron chi connectivity index (χ1n) is 6.07. The van der Waals surface area contributed by atoms with Gasteiger partial charge in [-0.15, -0.1) is 0 Å². The fourth-order valence-electron chi connectivity index (χ4n) is 1.27. The molecule has 0 amide bonds. The van der Waals surface area contributed by atoms with E-state index in [1.54, 1.807) is 6.08 Å². The Bertz CT molecular complexity index is 416. The lowest BCUT2D eigenvalue weighted by Gasteiger charge is -2.23. The van der Waals surface area contributed by atoms with Crippen molar-refractivity contribution >= 4 is 12.0 Å². The van der Waals surface area contributed by atoms with Crippen molar-refractivity contribution < 1.29 is 14.6 Å². The van der Waals surface area contributed by atoms with Crippen LogP contribution in [-0.2, 0) is 16.1 Å². The number of carbonyl (C=O) groups is 1. The molecule has 0 aliphatic carbocycles. The zero-order valence-corrected chi connectivity index (χ0v) is 11.1. The van der Waals surface area contributed by atoms with E-state index in [1.807, 2.05) is 24.3 Å². The van der Waals surface area contributed by atoms with Crippen molar-refractivity contribution in [3.8, 4) is 0 Å². The molecular formula is C15H20O3. The Morgan fingerprint density at radius 3 is 2.44 bits per heavy atom. The van der Waals surface area contributed by atoms with Crippen LogP contribution in [-0.4, -0.2) is 16.7 Å². The van der Waals surface area contributed by atoms with Gasteiger partial charge in [-0.05, 0) is 37.5 Å². The number of carboxylic acid groups (broad SMARTS) is 1. The van der Waals surface area contributed by atoms with Crippen LogP contribution in [0, 0.1) is 0 Å². The highest BCUT2D eigenvalue weighted by atomic mass is 16.5. The Morgan fingerprint density at radius 2 is 1.94 bits per heavy atom. The number of rotatable bonds is 6. The fourth-order valence-corrected chi connectivity index (χ4v) is 1.27. The summed E-state index contributed by atoms with van der Waals surface area (Å²) in [6.45, 7) is 6.80. The van der Waals surface area contributed by atoms with Gasteiger partial charge in [-0.1, -0.05) is 31.2 Å². The van der Waals surface area contributed by atoms with Crippen LogP contribution >= 0.6 is 0 Å². The monoisotopic (exact) mass is 248 g/mol. The molecule has 0 unspecified atom stereocenters. The van der Waals surface area contributed by atoms with Gasteiger partial charge in [-0.3, -0.25) is 0 Å². The lowest BCUT2D eigenvalue weighted by Crippen LogP contribution is -2.22. The van der Waals surface area contributed by atoms with Crippen LogP contribution in [0.2, 0.25) is 0 Å². The summed E-state index contributed by atoms with van der Waals surface area (Å²) in [5, 5.41) is 8.52. The van der Waals surface area contributed by atoms with Crippen molar-refractivity contribution in [2.24, 2.45) is 0 Å². The third kappa shape index (κ3) is 5.15. The smallest absolute Gasteiger partial charge is 0.328 e. The summed E-state index contributed by atoms with van der Waals surface area (Å²) in [5.74, 6) is -0.938. The standard InChI is InChI=1S/C15H20O3/c1-4-15(2,3)18-11-13-7-5-12(6-8-13)9-10-14(16)17/h5-10H,4,11H2,1-3H3,(H,16,17). The minimum atomic E-state index is -0.938. The van der Waals surface area contributed by atoms with Gasteiger partial charge in [0.2, 0.25) is 0 Å². The highest BCUT2D eigenvalue weighted by Gasteiger charge is 2.14. The van der Waals surface area contributed by atoms with Gasteiger partial charge in [0.1, 0.15) is 0 Å². The van der Waals surface area contributed by atoms with Gasteiger partial charge in [0, 0.05) is 6.08 Å². The zero-order valence-electron chi connectivity index (χ0n) is 11.1. The van der Waals surface area contributed by atoms with E-state index in [-0.39, 0.29) is 5.60 Å². The average Bonchev–Trinajstić information content (AvgIpc) is 2.35. The minimum Gasteiger partial charge on any atom is -0.478 e. The summed E-state index contributed by atoms with van der Waals surface area (Å²) < 4.78 is 5.79. The molecule has 0 aliphatic heterocycles. The molecule has 3 nitrogen and oxygen atoms in total. The molecule has 0 saturated carbocycles. The largest absolute Gasteiger partial charge is 0.478 e. The van der Waals surface area contributed by atoms with E-state index in [4.69, 9.17) is 9.84 Å². The minimum absolute atomic E-state index is 0.109. The molecule has 0 atom stereocenters. The number of benzene rings is 1. The SMILES string of the molecule is CCC(C)(C)OCc1ccc(C=CC(=O)O)cc1. The predicted octanol–water partition coefficient (Wildman–Crippen LogP) is 3.49. The van der Waals surface area contributed by atoms with Gasteiger partial charge < -0.3 is 9.84 Å². The van der Waals surface area contributed by atoms with Crippen molar-refractivity contribution in [1.29, 1.82) is 0 Å². The molecule has 0 heterocycles. The molecule has 0 bridgehead atoms. The molecule has 1 rings (SSSR count). The molecule has 18 heavy (non-hydrogen) atoms. The Kier molecular flexibility index (Phi) is 5.10. The lowest BCUT2D eigenvalue weighted by atomic mass is 10.1. The summed E-state index contributed by atoms with van der Waals surface area (Å²) in [6.07, 6.45) is 3.67. The van der Waals surface area contributed by atoms with Gasteiger partial charge in [0.15, 0.2) is 0 Å². The predicted molar refractivity (Wildman–Crippen MR) is 72.3 cm³/mol. The van der Waals surface area contributed by atoms with E-state index >= 15 is 0 Å². The Morgan fingerprint density at radius 1 is 1.33 bits per heavy atom. The van der Waals surface area contributed by atoms with Crippen molar-refractivity contribution in [3.63, 3.8) is 0 Å². The molecule has 0 radical (unpaired) electrons. The lowest BCUT2D eigenvalue weighted by molar-refractivity contribution is -0.131. The summed E-state index contributed by atoms with van der Waals surface area (Å²) >= 11 is 0. The molecule has 0 aromatic heterocycles. The first-order chi connectivity index (χ1) is 8.43. The topological polar surface area (TPSA) is 46.5 Å². The van der Waals surface area contributed by atoms with E-state index in [0.717, 1.165) is 23.6 Å². The van der Waals surface area contributed by atoms with E-state index in [2.05, 4.69) is 20.8 Å². The summed E-state index contributed by atoms with van der Waals surface area (Å²) in [7, 11) is 0. The van der Waals surface area contributed by atoms with Crippen LogP contribution in [0.1, 0.15) is 38.3 Å². The summed E-state index contributed by atoms with van der Waals surface area (Å²) in [4.78, 5) is 10.4. The van der Waals surface area contributed by atoms with Crippen LogP contribution in [0.15, 0.2) is 30.3 Å². The van der Waals surface area contributed by atoms with Gasteiger partial charge in [-0.2, -0.15) is 0 Å². The Hall–Kier alpha value is -1.61. The van der Waals surface area contributed by atoms with E-state index in [9.17, 15) is 4.79 Å². The van der Waals surface area contributed by atoms with Gasteiger partial charge in [0.05, 0.1) is 12.2 Å². The van der Waals surface area contributed by atoms with Crippen LogP contribution in [0.3, 0.4) is 0 Å². The van der Waals surface area contributed by atoms with E-state index < -0.39 is 5.97 Å². The second kappa shape index (κ2) is 6.36. The highest BCUT2D eigenvalue weighted by Crippen LogP contribution is 2.17. The van der Waals surface area contributed by atoms with Gasteiger partial charge in [0.25, 0.3) is 0 Å². The molecule has 0 saturated heterocycles. The third-order valence-electron chi connectivity index (χ3n) is 2.88. The number of aliphatic carboxylic acids is 1. The Labute approximate surface area is 108 Å². The molecule has 0 aliphatic rings. The second-order valence-electron chi connectivity index (χ2n) is 4.82. The molecule has 0 spiro atoms. The molecule has 1 N–H and O–H groups in total. The first-order valence-corrected chi connectivity index (χ1v) is 6.07. The van der Waals surface area contributed by atoms with Crippen LogP contribution < -0.4 is 0 Å². The maximum Gasteiger partial charge on any atom is 0.328 e. The third-order valence-corrected chi connectivity index (χ3v) is 2.88. The number of hydrogen-bond acceptors (Lipinski definition) is 2. The second-order valence-corrected chi connectivity index (χ2v) is 4.82. The average molecular weight is 248 g/mol. The van der Waals surface area contributed by atoms with Gasteiger partial charge in [-0.25, -0.2) is 4.79 Å². The fraction of sp³-hybridized carbons (Fsp3) is 0.400. The summed E-state index contributed by atoms with van der Waals surface area (Å²) in [6, 6.07) is 7.68. The first kappa shape index (κ1) is 14.5. The highest BCUT2D eigenvalue weighted by molar-refractivity contribution is 5.85. The van der Waals surface area contributed by atoms with Crippen molar-refractivity contribution in [3.05, 3.63) is 41.5 Å². The maximum absolute atomic E-state index is 10.4. The normalized spacial score (nSPS) is 11.9. The molecule has 3 heteroatoms. The zero-order chi connectivity index (χ0) is 13.6. The van der Waals surface area contributed by atoms with Crippen molar-refractivity contribution in [2.45, 2.75) is 39.4 Å². The molecule has 1 aromatic rings. The quantitative estimate of drug-likeness (QED) is 0.784. The number of ether oxygens (including phenoxy) is 1. The van der Waals surface area contributed by atoms with Crippen LogP contribution in [0.4, 0.5) is 0 Å². The number of hydrogen-bond donors (Lipinski definition) is 1. The molecule has 98 valence electrons. The van der Waals surface area contributed by atoms with E-state index in [1.165, 1.54) is 0 Å². The molecular weight excluding hydrogens is 228 g/mol. The summed E-state index contributed by atoms with van der Waals surface area (Å²) in [5.41, 5.74) is 1.85. The molecule has 1 aromatic carbocycles.